The first-order chi connectivity index (χ1) is 20.8. The molecule has 222 valence electrons. The molecule has 4 aliphatic rings. The van der Waals surface area contributed by atoms with Gasteiger partial charge in [0, 0.05) is 43.3 Å². The van der Waals surface area contributed by atoms with Gasteiger partial charge in [0.2, 0.25) is 17.7 Å². The number of aromatic nitrogens is 1. The summed E-state index contributed by atoms with van der Waals surface area (Å²) < 4.78 is 33.8. The summed E-state index contributed by atoms with van der Waals surface area (Å²) in [6.45, 7) is 1.08. The monoisotopic (exact) mass is 587 g/mol. The maximum absolute atomic E-state index is 14.2. The zero-order valence-electron chi connectivity index (χ0n) is 23.4. The number of nitrogens with zero attached hydrogens (tertiary/aromatic N) is 2. The first kappa shape index (κ1) is 27.6. The van der Waals surface area contributed by atoms with E-state index in [2.05, 4.69) is 20.9 Å². The molecule has 43 heavy (non-hydrogen) atoms. The largest absolute Gasteiger partial charge is 0.381 e. The average molecular weight is 588 g/mol. The molecule has 1 aromatic heterocycles. The molecule has 3 atom stereocenters. The van der Waals surface area contributed by atoms with Gasteiger partial charge in [-0.1, -0.05) is 12.1 Å². The minimum atomic E-state index is -0.747. The van der Waals surface area contributed by atoms with Crippen molar-refractivity contribution < 1.29 is 27.9 Å². The van der Waals surface area contributed by atoms with Crippen LogP contribution in [0.2, 0.25) is 0 Å². The van der Waals surface area contributed by atoms with Crippen molar-refractivity contribution in [3.63, 3.8) is 0 Å². The van der Waals surface area contributed by atoms with Gasteiger partial charge in [-0.05, 0) is 78.6 Å². The Morgan fingerprint density at radius 3 is 2.60 bits per heavy atom. The van der Waals surface area contributed by atoms with Crippen LogP contribution in [0.4, 0.5) is 20.3 Å². The van der Waals surface area contributed by atoms with Gasteiger partial charge in [0.25, 0.3) is 0 Å². The lowest BCUT2D eigenvalue weighted by atomic mass is 9.79. The van der Waals surface area contributed by atoms with E-state index in [1.54, 1.807) is 12.3 Å². The topological polar surface area (TPSA) is 113 Å². The number of benzene rings is 2. The van der Waals surface area contributed by atoms with E-state index in [1.165, 1.54) is 17.0 Å². The molecule has 2 unspecified atom stereocenters. The standard InChI is InChI=1S/C32H31F2N5O4/c33-22-10-20(11-23(34)13-22)26-16-36-28(18-5-8-43-9-6-18)30(41)39(26)17-27(40)37-24-4-3-19-14-32(15-21(19)12-24)25-2-1-7-35-29(25)38-31(32)42/h1-4,7,10-13,18,26,28,36H,5-6,8-9,14-17H2,(H,37,40)(H,35,38,42)/t26?,28?,32-/m1/s1. The van der Waals surface area contributed by atoms with Crippen molar-refractivity contribution >= 4 is 29.2 Å². The van der Waals surface area contributed by atoms with Crippen molar-refractivity contribution in [2.75, 3.05) is 36.9 Å². The number of halogens is 2. The average Bonchev–Trinajstić information content (AvgIpc) is 3.50. The molecule has 0 saturated carbocycles. The number of anilines is 2. The predicted molar refractivity (Wildman–Crippen MR) is 153 cm³/mol. The smallest absolute Gasteiger partial charge is 0.244 e. The number of amides is 3. The fourth-order valence-corrected chi connectivity index (χ4v) is 7.14. The van der Waals surface area contributed by atoms with E-state index in [-0.39, 0.29) is 36.4 Å². The van der Waals surface area contributed by atoms with Crippen molar-refractivity contribution in [2.24, 2.45) is 5.92 Å². The molecule has 3 aromatic rings. The third-order valence-corrected chi connectivity index (χ3v) is 9.24. The zero-order valence-corrected chi connectivity index (χ0v) is 23.4. The Bertz CT molecular complexity index is 1610. The third kappa shape index (κ3) is 4.96. The molecule has 1 aliphatic carbocycles. The summed E-state index contributed by atoms with van der Waals surface area (Å²) in [5, 5.41) is 9.08. The molecule has 7 rings (SSSR count). The second kappa shape index (κ2) is 10.8. The molecule has 1 spiro atoms. The van der Waals surface area contributed by atoms with Gasteiger partial charge in [-0.25, -0.2) is 13.8 Å². The molecule has 9 nitrogen and oxygen atoms in total. The Kier molecular flexibility index (Phi) is 6.94. The predicted octanol–water partition coefficient (Wildman–Crippen LogP) is 3.26. The van der Waals surface area contributed by atoms with Gasteiger partial charge in [-0.3, -0.25) is 14.4 Å². The van der Waals surface area contributed by atoms with Gasteiger partial charge in [-0.2, -0.15) is 0 Å². The van der Waals surface area contributed by atoms with Crippen LogP contribution < -0.4 is 16.0 Å². The summed E-state index contributed by atoms with van der Waals surface area (Å²) in [5.74, 6) is -1.66. The molecule has 2 aromatic carbocycles. The van der Waals surface area contributed by atoms with Crippen LogP contribution in [-0.4, -0.2) is 60.0 Å². The first-order valence-corrected chi connectivity index (χ1v) is 14.6. The molecule has 3 amide bonds. The van der Waals surface area contributed by atoms with Crippen LogP contribution in [0.3, 0.4) is 0 Å². The number of hydrogen-bond donors (Lipinski definition) is 3. The normalized spacial score (nSPS) is 25.0. The van der Waals surface area contributed by atoms with Crippen LogP contribution in [0, 0.1) is 17.6 Å². The van der Waals surface area contributed by atoms with Gasteiger partial charge in [0.05, 0.1) is 17.5 Å². The van der Waals surface area contributed by atoms with Crippen LogP contribution in [0.25, 0.3) is 0 Å². The summed E-state index contributed by atoms with van der Waals surface area (Å²) in [6.07, 6.45) is 4.08. The summed E-state index contributed by atoms with van der Waals surface area (Å²) in [6, 6.07) is 11.3. The Morgan fingerprint density at radius 1 is 1.05 bits per heavy atom. The molecule has 3 N–H and O–H groups in total. The number of ether oxygens (including phenoxy) is 1. The summed E-state index contributed by atoms with van der Waals surface area (Å²) in [5.41, 5.74) is 2.95. The lowest BCUT2D eigenvalue weighted by Gasteiger charge is -2.43. The van der Waals surface area contributed by atoms with Crippen molar-refractivity contribution in [3.05, 3.63) is 88.6 Å². The number of rotatable bonds is 5. The Labute approximate surface area is 247 Å². The number of piperazine rings is 1. The number of fused-ring (bicyclic) bond motifs is 3. The molecule has 11 heteroatoms. The second-order valence-electron chi connectivity index (χ2n) is 11.8. The van der Waals surface area contributed by atoms with Crippen LogP contribution in [0.5, 0.6) is 0 Å². The minimum Gasteiger partial charge on any atom is -0.381 e. The lowest BCUT2D eigenvalue weighted by molar-refractivity contribution is -0.144. The van der Waals surface area contributed by atoms with Crippen LogP contribution in [0.1, 0.15) is 41.1 Å². The first-order valence-electron chi connectivity index (χ1n) is 14.6. The van der Waals surface area contributed by atoms with Crippen molar-refractivity contribution in [2.45, 2.75) is 43.2 Å². The lowest BCUT2D eigenvalue weighted by Crippen LogP contribution is -2.60. The maximum atomic E-state index is 14.2. The van der Waals surface area contributed by atoms with Gasteiger partial charge in [-0.15, -0.1) is 0 Å². The van der Waals surface area contributed by atoms with Crippen molar-refractivity contribution in [1.82, 2.24) is 15.2 Å². The Hall–Kier alpha value is -4.22. The SMILES string of the molecule is O=C(CN1C(=O)C(C2CCOCC2)NCC1c1cc(F)cc(F)c1)Nc1ccc2c(c1)C[C@@]1(C2)C(=O)Nc2ncccc21. The zero-order chi connectivity index (χ0) is 29.7. The van der Waals surface area contributed by atoms with E-state index in [0.29, 0.717) is 50.4 Å². The van der Waals surface area contributed by atoms with Crippen molar-refractivity contribution in [3.8, 4) is 0 Å². The van der Waals surface area contributed by atoms with E-state index < -0.39 is 35.0 Å². The molecular weight excluding hydrogens is 556 g/mol. The second-order valence-corrected chi connectivity index (χ2v) is 11.8. The van der Waals surface area contributed by atoms with E-state index in [9.17, 15) is 23.2 Å². The van der Waals surface area contributed by atoms with Gasteiger partial charge in [0.15, 0.2) is 0 Å². The molecule has 2 saturated heterocycles. The van der Waals surface area contributed by atoms with Crippen LogP contribution in [0.15, 0.2) is 54.7 Å². The van der Waals surface area contributed by atoms with Crippen molar-refractivity contribution in [1.29, 1.82) is 0 Å². The highest BCUT2D eigenvalue weighted by molar-refractivity contribution is 6.06. The summed E-state index contributed by atoms with van der Waals surface area (Å²) >= 11 is 0. The molecule has 3 aliphatic heterocycles. The van der Waals surface area contributed by atoms with E-state index in [1.807, 2.05) is 24.3 Å². The highest BCUT2D eigenvalue weighted by Gasteiger charge is 2.51. The molecule has 2 fully saturated rings. The van der Waals surface area contributed by atoms with Gasteiger partial charge >= 0.3 is 0 Å². The highest BCUT2D eigenvalue weighted by Crippen LogP contribution is 2.47. The fourth-order valence-electron chi connectivity index (χ4n) is 7.14. The summed E-state index contributed by atoms with van der Waals surface area (Å²) in [7, 11) is 0. The number of carbonyl (C=O) groups excluding carboxylic acids is 3. The number of pyridine rings is 1. The fraction of sp³-hybridized carbons (Fsp3) is 0.375. The van der Waals surface area contributed by atoms with Gasteiger partial charge < -0.3 is 25.6 Å². The Balaban J connectivity index is 1.11. The molecule has 0 bridgehead atoms. The van der Waals surface area contributed by atoms with Crippen LogP contribution >= 0.6 is 0 Å². The molecule has 4 heterocycles. The third-order valence-electron chi connectivity index (χ3n) is 9.24. The Morgan fingerprint density at radius 2 is 1.81 bits per heavy atom. The van der Waals surface area contributed by atoms with Gasteiger partial charge in [0.1, 0.15) is 24.0 Å². The van der Waals surface area contributed by atoms with Crippen LogP contribution in [-0.2, 0) is 37.4 Å². The quantitative estimate of drug-likeness (QED) is 0.423. The van der Waals surface area contributed by atoms with E-state index in [0.717, 1.165) is 22.8 Å². The van der Waals surface area contributed by atoms with E-state index in [4.69, 9.17) is 4.74 Å². The summed E-state index contributed by atoms with van der Waals surface area (Å²) in [4.78, 5) is 46.0. The minimum absolute atomic E-state index is 0.0363. The number of nitrogens with one attached hydrogen (secondary N) is 3. The maximum Gasteiger partial charge on any atom is 0.244 e. The molecular formula is C32H31F2N5O4. The molecule has 0 radical (unpaired) electrons. The highest BCUT2D eigenvalue weighted by atomic mass is 19.1. The van der Waals surface area contributed by atoms with E-state index >= 15 is 0 Å². The number of carbonyl (C=O) groups is 3. The number of hydrogen-bond acceptors (Lipinski definition) is 6.